The highest BCUT2D eigenvalue weighted by Gasteiger charge is 2.12. The zero-order chi connectivity index (χ0) is 12.4. The van der Waals surface area contributed by atoms with E-state index < -0.39 is 0 Å². The van der Waals surface area contributed by atoms with Crippen molar-refractivity contribution in [1.82, 2.24) is 9.97 Å². The number of rotatable bonds is 2. The molecule has 1 aromatic heterocycles. The summed E-state index contributed by atoms with van der Waals surface area (Å²) in [4.78, 5) is 8.18. The van der Waals surface area contributed by atoms with Gasteiger partial charge in [-0.2, -0.15) is 0 Å². The van der Waals surface area contributed by atoms with Gasteiger partial charge in [-0.05, 0) is 26.0 Å². The molecule has 0 fully saturated rings. The van der Waals surface area contributed by atoms with E-state index in [1.54, 1.807) is 35.1 Å². The monoisotopic (exact) mass is 344 g/mol. The second kappa shape index (κ2) is 4.95. The fraction of sp³-hybridized carbons (Fsp3) is 0.167. The van der Waals surface area contributed by atoms with Gasteiger partial charge in [-0.25, -0.2) is 14.4 Å². The minimum absolute atomic E-state index is 0.333. The van der Waals surface area contributed by atoms with Crippen molar-refractivity contribution < 1.29 is 7.46 Å². The van der Waals surface area contributed by atoms with Crippen LogP contribution in [0.3, 0.4) is 0 Å². The van der Waals surface area contributed by atoms with E-state index in [0.29, 0.717) is 11.3 Å². The van der Waals surface area contributed by atoms with Crippen LogP contribution in [0.5, 0.6) is 5.75 Å². The molecule has 0 aliphatic heterocycles. The van der Waals surface area contributed by atoms with E-state index in [2.05, 4.69) is 9.97 Å². The highest BCUT2D eigenvalue weighted by molar-refractivity contribution is 14.1. The lowest BCUT2D eigenvalue weighted by Crippen LogP contribution is -1.96. The molecule has 0 unspecified atom stereocenters. The molecule has 0 atom stereocenters. The van der Waals surface area contributed by atoms with E-state index in [-0.39, 0.29) is 5.82 Å². The predicted octanol–water partition coefficient (Wildman–Crippen LogP) is 3.63. The van der Waals surface area contributed by atoms with Gasteiger partial charge in [0.1, 0.15) is 17.9 Å². The molecule has 0 radical (unpaired) electrons. The van der Waals surface area contributed by atoms with Crippen molar-refractivity contribution in [2.45, 2.75) is 13.8 Å². The Bertz CT molecular complexity index is 540. The smallest absolute Gasteiger partial charge is 0.192 e. The van der Waals surface area contributed by atoms with Crippen LogP contribution in [0.25, 0.3) is 11.1 Å². The fourth-order valence-electron chi connectivity index (χ4n) is 1.73. The van der Waals surface area contributed by atoms with Gasteiger partial charge in [0.25, 0.3) is 0 Å². The number of aromatic nitrogens is 2. The zero-order valence-electron chi connectivity index (χ0n) is 9.37. The summed E-state index contributed by atoms with van der Waals surface area (Å²) >= 11 is 1.72. The number of benzene rings is 1. The molecule has 0 aliphatic carbocycles. The number of aryl methyl sites for hydroxylation is 2. The molecular weight excluding hydrogens is 334 g/mol. The number of halogens is 2. The Kier molecular flexibility index (Phi) is 3.56. The standard InChI is InChI=1S/C12H10FIN2O/c1-7-12(8(2)16-6-15-7)10-4-3-9(17-14)5-11(10)13/h3-6H,1-2H3. The van der Waals surface area contributed by atoms with Crippen LogP contribution in [0.1, 0.15) is 11.4 Å². The van der Waals surface area contributed by atoms with Gasteiger partial charge in [-0.3, -0.25) is 0 Å². The molecule has 1 aromatic carbocycles. The number of nitrogens with zero attached hydrogens (tertiary/aromatic N) is 2. The summed E-state index contributed by atoms with van der Waals surface area (Å²) in [5.74, 6) is 0.152. The van der Waals surface area contributed by atoms with Gasteiger partial charge in [0, 0.05) is 28.6 Å². The molecular formula is C12H10FIN2O. The molecule has 0 amide bonds. The molecule has 2 rings (SSSR count). The Morgan fingerprint density at radius 1 is 1.18 bits per heavy atom. The molecule has 5 heteroatoms. The average Bonchev–Trinajstić information content (AvgIpc) is 2.30. The summed E-state index contributed by atoms with van der Waals surface area (Å²) in [7, 11) is 0. The number of hydrogen-bond donors (Lipinski definition) is 0. The van der Waals surface area contributed by atoms with Crippen molar-refractivity contribution in [3.05, 3.63) is 41.7 Å². The molecule has 2 aromatic rings. The van der Waals surface area contributed by atoms with Crippen molar-refractivity contribution in [2.24, 2.45) is 0 Å². The van der Waals surface area contributed by atoms with Crippen molar-refractivity contribution in [3.8, 4) is 16.9 Å². The van der Waals surface area contributed by atoms with Crippen LogP contribution >= 0.6 is 23.0 Å². The summed E-state index contributed by atoms with van der Waals surface area (Å²) in [6, 6.07) is 4.76. The molecule has 0 saturated heterocycles. The Labute approximate surface area is 113 Å². The molecule has 0 aliphatic rings. The zero-order valence-corrected chi connectivity index (χ0v) is 11.5. The molecule has 0 spiro atoms. The lowest BCUT2D eigenvalue weighted by atomic mass is 10.0. The van der Waals surface area contributed by atoms with Crippen LogP contribution in [0, 0.1) is 19.7 Å². The van der Waals surface area contributed by atoms with Crippen LogP contribution in [-0.2, 0) is 0 Å². The summed E-state index contributed by atoms with van der Waals surface area (Å²) in [6.45, 7) is 3.68. The minimum atomic E-state index is -0.333. The van der Waals surface area contributed by atoms with Crippen molar-refractivity contribution in [3.63, 3.8) is 0 Å². The normalized spacial score (nSPS) is 10.4. The van der Waals surface area contributed by atoms with Crippen molar-refractivity contribution in [2.75, 3.05) is 0 Å². The van der Waals surface area contributed by atoms with E-state index in [1.165, 1.54) is 12.4 Å². The largest absolute Gasteiger partial charge is 0.428 e. The molecule has 3 nitrogen and oxygen atoms in total. The number of hydrogen-bond acceptors (Lipinski definition) is 3. The van der Waals surface area contributed by atoms with Crippen LogP contribution in [0.15, 0.2) is 24.5 Å². The van der Waals surface area contributed by atoms with Gasteiger partial charge < -0.3 is 3.07 Å². The van der Waals surface area contributed by atoms with Gasteiger partial charge in [0.05, 0.1) is 0 Å². The predicted molar refractivity (Wildman–Crippen MR) is 71.5 cm³/mol. The van der Waals surface area contributed by atoms with Gasteiger partial charge in [-0.1, -0.05) is 0 Å². The quantitative estimate of drug-likeness (QED) is 0.781. The van der Waals surface area contributed by atoms with Gasteiger partial charge in [0.15, 0.2) is 23.0 Å². The second-order valence-electron chi connectivity index (χ2n) is 3.64. The van der Waals surface area contributed by atoms with E-state index in [0.717, 1.165) is 17.0 Å². The van der Waals surface area contributed by atoms with Crippen molar-refractivity contribution in [1.29, 1.82) is 0 Å². The summed E-state index contributed by atoms with van der Waals surface area (Å²) in [5, 5.41) is 0. The van der Waals surface area contributed by atoms with Gasteiger partial charge in [0.2, 0.25) is 0 Å². The molecule has 1 heterocycles. The minimum Gasteiger partial charge on any atom is -0.428 e. The maximum atomic E-state index is 13.9. The third-order valence-electron chi connectivity index (χ3n) is 2.53. The van der Waals surface area contributed by atoms with Crippen LogP contribution in [-0.4, -0.2) is 9.97 Å². The SMILES string of the molecule is Cc1ncnc(C)c1-c1ccc(OI)cc1F. The van der Waals surface area contributed by atoms with Crippen LogP contribution < -0.4 is 3.07 Å². The van der Waals surface area contributed by atoms with E-state index in [1.807, 2.05) is 13.8 Å². The first-order valence-corrected chi connectivity index (χ1v) is 5.88. The Morgan fingerprint density at radius 2 is 1.82 bits per heavy atom. The first-order chi connectivity index (χ1) is 8.13. The maximum Gasteiger partial charge on any atom is 0.192 e. The summed E-state index contributed by atoms with van der Waals surface area (Å²) < 4.78 is 18.9. The lowest BCUT2D eigenvalue weighted by Gasteiger charge is -2.09. The topological polar surface area (TPSA) is 35.0 Å². The average molecular weight is 344 g/mol. The highest BCUT2D eigenvalue weighted by atomic mass is 127. The molecule has 88 valence electrons. The van der Waals surface area contributed by atoms with Gasteiger partial charge >= 0.3 is 0 Å². The summed E-state index contributed by atoms with van der Waals surface area (Å²) in [6.07, 6.45) is 1.48. The first kappa shape index (κ1) is 12.2. The molecule has 0 bridgehead atoms. The lowest BCUT2D eigenvalue weighted by molar-refractivity contribution is 0.618. The first-order valence-electron chi connectivity index (χ1n) is 5.00. The van der Waals surface area contributed by atoms with E-state index in [9.17, 15) is 4.39 Å². The van der Waals surface area contributed by atoms with Gasteiger partial charge in [-0.15, -0.1) is 0 Å². The Morgan fingerprint density at radius 3 is 2.35 bits per heavy atom. The maximum absolute atomic E-state index is 13.9. The van der Waals surface area contributed by atoms with Crippen molar-refractivity contribution >= 4 is 23.0 Å². The summed E-state index contributed by atoms with van der Waals surface area (Å²) in [5.41, 5.74) is 2.77. The Hall–Kier alpha value is -1.24. The Balaban J connectivity index is 2.61. The van der Waals surface area contributed by atoms with E-state index >= 15 is 0 Å². The third kappa shape index (κ3) is 2.38. The van der Waals surface area contributed by atoms with Crippen LogP contribution in [0.2, 0.25) is 0 Å². The molecule has 0 N–H and O–H groups in total. The fourth-order valence-corrected chi connectivity index (χ4v) is 2.00. The molecule has 17 heavy (non-hydrogen) atoms. The highest BCUT2D eigenvalue weighted by Crippen LogP contribution is 2.29. The van der Waals surface area contributed by atoms with Crippen LogP contribution in [0.4, 0.5) is 4.39 Å². The second-order valence-corrected chi connectivity index (χ2v) is 4.08. The van der Waals surface area contributed by atoms with E-state index in [4.69, 9.17) is 3.07 Å². The molecule has 0 saturated carbocycles. The third-order valence-corrected chi connectivity index (χ3v) is 3.03.